The highest BCUT2D eigenvalue weighted by Crippen LogP contribution is 1.99. The second kappa shape index (κ2) is 5.75. The molecular weight excluding hydrogens is 246 g/mol. The van der Waals surface area contributed by atoms with E-state index in [0.29, 0.717) is 0 Å². The van der Waals surface area contributed by atoms with Gasteiger partial charge in [0.15, 0.2) is 0 Å². The predicted molar refractivity (Wildman–Crippen MR) is 54.6 cm³/mol. The molecule has 1 aromatic heterocycles. The average Bonchev–Trinajstić information content (AvgIpc) is 2.74. The molecule has 0 saturated heterocycles. The lowest BCUT2D eigenvalue weighted by Gasteiger charge is -2.11. The summed E-state index contributed by atoms with van der Waals surface area (Å²) >= 11 is 0. The minimum absolute atomic E-state index is 0.167. The van der Waals surface area contributed by atoms with Crippen molar-refractivity contribution in [3.8, 4) is 0 Å². The molecule has 0 bridgehead atoms. The van der Waals surface area contributed by atoms with Crippen LogP contribution in [0.3, 0.4) is 0 Å². The normalized spacial score (nSPS) is 11.7. The molecule has 1 heterocycles. The fraction of sp³-hybridized carbons (Fsp3) is 0.444. The van der Waals surface area contributed by atoms with Gasteiger partial charge in [0.2, 0.25) is 5.89 Å². The Bertz CT molecular complexity index is 469. The maximum atomic E-state index is 11.5. The first-order valence-electron chi connectivity index (χ1n) is 4.85. The van der Waals surface area contributed by atoms with Crippen molar-refractivity contribution >= 4 is 17.8 Å². The number of aryl methyl sites for hydroxylation is 1. The number of amides is 1. The SMILES string of the molecule is COC(=O)C[C@H](NC(=O)c1noc(C)n1)C(=O)O. The summed E-state index contributed by atoms with van der Waals surface area (Å²) in [7, 11) is 1.12. The Morgan fingerprint density at radius 2 is 2.17 bits per heavy atom. The molecular formula is C9H11N3O6. The number of esters is 1. The van der Waals surface area contributed by atoms with Crippen molar-refractivity contribution in [3.05, 3.63) is 11.7 Å². The summed E-state index contributed by atoms with van der Waals surface area (Å²) in [4.78, 5) is 37.0. The van der Waals surface area contributed by atoms with Crippen LogP contribution in [0.2, 0.25) is 0 Å². The van der Waals surface area contributed by atoms with Crippen molar-refractivity contribution in [1.82, 2.24) is 15.5 Å². The summed E-state index contributed by atoms with van der Waals surface area (Å²) < 4.78 is 8.89. The van der Waals surface area contributed by atoms with E-state index in [1.165, 1.54) is 6.92 Å². The van der Waals surface area contributed by atoms with Crippen LogP contribution in [0.4, 0.5) is 0 Å². The lowest BCUT2D eigenvalue weighted by Crippen LogP contribution is -2.42. The number of nitrogens with one attached hydrogen (secondary N) is 1. The van der Waals surface area contributed by atoms with Crippen molar-refractivity contribution < 1.29 is 28.8 Å². The minimum Gasteiger partial charge on any atom is -0.480 e. The molecule has 1 rings (SSSR count). The highest BCUT2D eigenvalue weighted by molar-refractivity contribution is 5.94. The highest BCUT2D eigenvalue weighted by Gasteiger charge is 2.26. The highest BCUT2D eigenvalue weighted by atomic mass is 16.5. The quantitative estimate of drug-likeness (QED) is 0.650. The van der Waals surface area contributed by atoms with Gasteiger partial charge in [-0.1, -0.05) is 5.16 Å². The topological polar surface area (TPSA) is 132 Å². The van der Waals surface area contributed by atoms with Gasteiger partial charge in [-0.3, -0.25) is 9.59 Å². The molecule has 98 valence electrons. The van der Waals surface area contributed by atoms with Gasteiger partial charge in [0.1, 0.15) is 6.04 Å². The zero-order valence-electron chi connectivity index (χ0n) is 9.67. The minimum atomic E-state index is -1.41. The Morgan fingerprint density at radius 1 is 1.50 bits per heavy atom. The first-order valence-corrected chi connectivity index (χ1v) is 4.85. The standard InChI is InChI=1S/C9H11N3O6/c1-4-10-7(12-18-4)8(14)11-5(9(15)16)3-6(13)17-2/h5H,3H2,1-2H3,(H,11,14)(H,15,16)/t5-/m0/s1. The van der Waals surface area contributed by atoms with Crippen LogP contribution in [0.5, 0.6) is 0 Å². The molecule has 0 spiro atoms. The summed E-state index contributed by atoms with van der Waals surface area (Å²) in [5.74, 6) is -3.10. The van der Waals surface area contributed by atoms with E-state index in [9.17, 15) is 14.4 Å². The van der Waals surface area contributed by atoms with Gasteiger partial charge < -0.3 is 19.7 Å². The van der Waals surface area contributed by atoms with Crippen LogP contribution in [-0.4, -0.2) is 46.2 Å². The van der Waals surface area contributed by atoms with Crippen molar-refractivity contribution in [2.24, 2.45) is 0 Å². The van der Waals surface area contributed by atoms with Gasteiger partial charge in [0.05, 0.1) is 13.5 Å². The maximum Gasteiger partial charge on any atom is 0.326 e. The third kappa shape index (κ3) is 3.54. The van der Waals surface area contributed by atoms with E-state index in [1.54, 1.807) is 0 Å². The lowest BCUT2D eigenvalue weighted by atomic mass is 10.2. The molecule has 1 aromatic rings. The number of aromatic nitrogens is 2. The smallest absolute Gasteiger partial charge is 0.326 e. The van der Waals surface area contributed by atoms with Crippen LogP contribution < -0.4 is 5.32 Å². The fourth-order valence-corrected chi connectivity index (χ4v) is 1.06. The Labute approximate surface area is 101 Å². The summed E-state index contributed by atoms with van der Waals surface area (Å²) in [6, 6.07) is -1.41. The monoisotopic (exact) mass is 257 g/mol. The van der Waals surface area contributed by atoms with Crippen molar-refractivity contribution in [3.63, 3.8) is 0 Å². The summed E-state index contributed by atoms with van der Waals surface area (Å²) in [6.45, 7) is 1.48. The predicted octanol–water partition coefficient (Wildman–Crippen LogP) is -0.876. The molecule has 18 heavy (non-hydrogen) atoms. The second-order valence-electron chi connectivity index (χ2n) is 3.28. The number of hydrogen-bond donors (Lipinski definition) is 2. The van der Waals surface area contributed by atoms with E-state index in [2.05, 4.69) is 24.7 Å². The van der Waals surface area contributed by atoms with E-state index in [1.807, 2.05) is 0 Å². The van der Waals surface area contributed by atoms with E-state index < -0.39 is 30.3 Å². The van der Waals surface area contributed by atoms with Crippen molar-refractivity contribution in [1.29, 1.82) is 0 Å². The zero-order chi connectivity index (χ0) is 13.7. The molecule has 1 atom stereocenters. The van der Waals surface area contributed by atoms with Gasteiger partial charge in [-0.25, -0.2) is 4.79 Å². The van der Waals surface area contributed by atoms with Crippen LogP contribution in [0, 0.1) is 6.92 Å². The summed E-state index contributed by atoms with van der Waals surface area (Å²) in [6.07, 6.45) is -0.492. The number of ether oxygens (including phenoxy) is 1. The van der Waals surface area contributed by atoms with Gasteiger partial charge in [0, 0.05) is 6.92 Å². The summed E-state index contributed by atoms with van der Waals surface area (Å²) in [5.41, 5.74) is 0. The van der Waals surface area contributed by atoms with Gasteiger partial charge in [-0.05, 0) is 0 Å². The Kier molecular flexibility index (Phi) is 4.35. The van der Waals surface area contributed by atoms with Crippen LogP contribution in [-0.2, 0) is 14.3 Å². The van der Waals surface area contributed by atoms with E-state index >= 15 is 0 Å². The largest absolute Gasteiger partial charge is 0.480 e. The van der Waals surface area contributed by atoms with Crippen molar-refractivity contribution in [2.45, 2.75) is 19.4 Å². The first-order chi connectivity index (χ1) is 8.43. The van der Waals surface area contributed by atoms with Gasteiger partial charge in [-0.2, -0.15) is 4.98 Å². The van der Waals surface area contributed by atoms with E-state index in [4.69, 9.17) is 5.11 Å². The van der Waals surface area contributed by atoms with Crippen LogP contribution in [0.1, 0.15) is 22.9 Å². The maximum absolute atomic E-state index is 11.5. The number of carbonyl (C=O) groups is 3. The summed E-state index contributed by atoms with van der Waals surface area (Å²) in [5, 5.41) is 14.2. The fourth-order valence-electron chi connectivity index (χ4n) is 1.06. The van der Waals surface area contributed by atoms with E-state index in [-0.39, 0.29) is 11.7 Å². The van der Waals surface area contributed by atoms with E-state index in [0.717, 1.165) is 7.11 Å². The number of rotatable bonds is 5. The molecule has 1 amide bonds. The molecule has 0 aliphatic heterocycles. The van der Waals surface area contributed by atoms with Gasteiger partial charge >= 0.3 is 11.9 Å². The first kappa shape index (κ1) is 13.6. The van der Waals surface area contributed by atoms with Crippen molar-refractivity contribution in [2.75, 3.05) is 7.11 Å². The lowest BCUT2D eigenvalue weighted by molar-refractivity contribution is -0.147. The Balaban J connectivity index is 2.69. The third-order valence-electron chi connectivity index (χ3n) is 1.93. The molecule has 0 unspecified atom stereocenters. The molecule has 2 N–H and O–H groups in total. The zero-order valence-corrected chi connectivity index (χ0v) is 9.67. The average molecular weight is 257 g/mol. The molecule has 9 heteroatoms. The molecule has 0 aromatic carbocycles. The number of carbonyl (C=O) groups excluding carboxylic acids is 2. The number of carboxylic acids is 1. The third-order valence-corrected chi connectivity index (χ3v) is 1.93. The Hall–Kier alpha value is -2.45. The van der Waals surface area contributed by atoms with Crippen LogP contribution >= 0.6 is 0 Å². The number of nitrogens with zero attached hydrogens (tertiary/aromatic N) is 2. The van der Waals surface area contributed by atoms with Gasteiger partial charge in [-0.15, -0.1) is 0 Å². The number of aliphatic carboxylic acids is 1. The van der Waals surface area contributed by atoms with Crippen LogP contribution in [0.25, 0.3) is 0 Å². The molecule has 9 nitrogen and oxygen atoms in total. The molecule has 0 aliphatic rings. The molecule has 0 fully saturated rings. The molecule has 0 aliphatic carbocycles. The molecule has 0 radical (unpaired) electrons. The number of hydrogen-bond acceptors (Lipinski definition) is 7. The number of methoxy groups -OCH3 is 1. The number of carboxylic acid groups (broad SMARTS) is 1. The second-order valence-corrected chi connectivity index (χ2v) is 3.28. The molecule has 0 saturated carbocycles. The van der Waals surface area contributed by atoms with Gasteiger partial charge in [0.25, 0.3) is 11.7 Å². The Morgan fingerprint density at radius 3 is 2.61 bits per heavy atom. The van der Waals surface area contributed by atoms with Crippen LogP contribution in [0.15, 0.2) is 4.52 Å².